The molecule has 132 valence electrons. The molecule has 2 atom stereocenters. The van der Waals surface area contributed by atoms with Crippen molar-refractivity contribution < 1.29 is 9.32 Å². The van der Waals surface area contributed by atoms with Crippen LogP contribution in [0.25, 0.3) is 0 Å². The van der Waals surface area contributed by atoms with E-state index >= 15 is 0 Å². The number of carbonyl (C=O) groups is 1. The average Bonchev–Trinajstić information content (AvgIpc) is 3.51. The highest BCUT2D eigenvalue weighted by Gasteiger charge is 2.46. The molecule has 2 saturated carbocycles. The molecule has 3 fully saturated rings. The van der Waals surface area contributed by atoms with E-state index in [-0.39, 0.29) is 23.1 Å². The molecule has 0 radical (unpaired) electrons. The maximum Gasteiger partial charge on any atom is 0.292 e. The highest BCUT2D eigenvalue weighted by Crippen LogP contribution is 2.47. The third-order valence-electron chi connectivity index (χ3n) is 5.70. The van der Waals surface area contributed by atoms with Crippen molar-refractivity contribution in [3.8, 4) is 0 Å². The predicted octanol–water partition coefficient (Wildman–Crippen LogP) is 1.24. The molecule has 2 aliphatic carbocycles. The largest absolute Gasteiger partial charge is 0.371 e. The number of nitrogens with zero attached hydrogens (tertiary/aromatic N) is 4. The molecule has 3 heterocycles. The van der Waals surface area contributed by atoms with Crippen LogP contribution in [0.5, 0.6) is 0 Å². The minimum absolute atomic E-state index is 0.110. The molecular formula is C17H21N5O3. The lowest BCUT2D eigenvalue weighted by atomic mass is 9.91. The van der Waals surface area contributed by atoms with Gasteiger partial charge in [0.2, 0.25) is 5.76 Å². The summed E-state index contributed by atoms with van der Waals surface area (Å²) in [7, 11) is 1.51. The maximum atomic E-state index is 12.7. The van der Waals surface area contributed by atoms with Crippen LogP contribution in [0.3, 0.4) is 0 Å². The van der Waals surface area contributed by atoms with Gasteiger partial charge in [0.15, 0.2) is 5.82 Å². The number of aromatic nitrogens is 4. The van der Waals surface area contributed by atoms with Crippen molar-refractivity contribution in [2.75, 3.05) is 13.1 Å². The quantitative estimate of drug-likeness (QED) is 0.901. The van der Waals surface area contributed by atoms with Crippen molar-refractivity contribution in [3.63, 3.8) is 0 Å². The molecule has 0 bridgehead atoms. The fourth-order valence-corrected chi connectivity index (χ4v) is 3.94. The zero-order valence-corrected chi connectivity index (χ0v) is 14.1. The van der Waals surface area contributed by atoms with Crippen molar-refractivity contribution >= 4 is 5.91 Å². The molecule has 5 rings (SSSR count). The smallest absolute Gasteiger partial charge is 0.292 e. The summed E-state index contributed by atoms with van der Waals surface area (Å²) >= 11 is 0. The Hall–Kier alpha value is -2.38. The molecule has 1 aliphatic heterocycles. The van der Waals surface area contributed by atoms with Gasteiger partial charge in [-0.05, 0) is 37.5 Å². The number of nitrogens with one attached hydrogen (secondary N) is 1. The number of hydrogen-bond donors (Lipinski definition) is 1. The third kappa shape index (κ3) is 2.60. The summed E-state index contributed by atoms with van der Waals surface area (Å²) in [6.45, 7) is 1.28. The van der Waals surface area contributed by atoms with Gasteiger partial charge in [0.05, 0.1) is 6.07 Å². The Bertz CT molecular complexity index is 873. The van der Waals surface area contributed by atoms with E-state index in [1.54, 1.807) is 4.90 Å². The maximum absolute atomic E-state index is 12.7. The average molecular weight is 343 g/mol. The molecule has 8 heteroatoms. The molecule has 0 unspecified atom stereocenters. The number of rotatable bonds is 4. The number of aryl methyl sites for hydroxylation is 1. The van der Waals surface area contributed by atoms with Crippen molar-refractivity contribution in [3.05, 3.63) is 33.8 Å². The molecule has 1 N–H and O–H groups in total. The molecular weight excluding hydrogens is 322 g/mol. The lowest BCUT2D eigenvalue weighted by Crippen LogP contribution is -2.29. The summed E-state index contributed by atoms with van der Waals surface area (Å²) in [6, 6.07) is 1.27. The molecule has 25 heavy (non-hydrogen) atoms. The van der Waals surface area contributed by atoms with Crippen LogP contribution in [-0.2, 0) is 7.05 Å². The van der Waals surface area contributed by atoms with Gasteiger partial charge in [-0.15, -0.1) is 0 Å². The van der Waals surface area contributed by atoms with Gasteiger partial charge in [-0.2, -0.15) is 9.84 Å². The lowest BCUT2D eigenvalue weighted by molar-refractivity contribution is 0.0730. The number of amides is 1. The molecule has 0 spiro atoms. The van der Waals surface area contributed by atoms with Gasteiger partial charge in [-0.25, -0.2) is 4.98 Å². The van der Waals surface area contributed by atoms with E-state index in [9.17, 15) is 9.59 Å². The first-order valence-electron chi connectivity index (χ1n) is 8.99. The minimum Gasteiger partial charge on any atom is -0.371 e. The number of likely N-dealkylation sites (tertiary alicyclic amines) is 1. The van der Waals surface area contributed by atoms with Gasteiger partial charge in [-0.1, -0.05) is 0 Å². The van der Waals surface area contributed by atoms with Crippen LogP contribution in [0, 0.1) is 11.8 Å². The summed E-state index contributed by atoms with van der Waals surface area (Å²) in [5.41, 5.74) is -0.304. The molecule has 1 amide bonds. The monoisotopic (exact) mass is 343 g/mol. The number of hydrogen-bond acceptors (Lipinski definition) is 5. The Morgan fingerprint density at radius 1 is 1.28 bits per heavy atom. The van der Waals surface area contributed by atoms with Crippen LogP contribution in [0.15, 0.2) is 15.4 Å². The Morgan fingerprint density at radius 3 is 2.72 bits per heavy atom. The van der Waals surface area contributed by atoms with Crippen molar-refractivity contribution in [1.82, 2.24) is 24.8 Å². The molecule has 1 saturated heterocycles. The Labute approximate surface area is 144 Å². The zero-order chi connectivity index (χ0) is 17.1. The molecule has 0 aromatic carbocycles. The lowest BCUT2D eigenvalue weighted by Gasteiger charge is -2.14. The fourth-order valence-electron chi connectivity index (χ4n) is 3.94. The molecule has 2 aromatic heterocycles. The van der Waals surface area contributed by atoms with Gasteiger partial charge in [0.1, 0.15) is 5.82 Å². The number of carbonyl (C=O) groups excluding carboxylic acids is 1. The topological polar surface area (TPSA) is 97.0 Å². The van der Waals surface area contributed by atoms with Crippen LogP contribution in [-0.4, -0.2) is 43.8 Å². The first-order valence-corrected chi connectivity index (χ1v) is 8.99. The van der Waals surface area contributed by atoms with E-state index in [0.29, 0.717) is 30.8 Å². The van der Waals surface area contributed by atoms with E-state index in [1.807, 2.05) is 0 Å². The van der Waals surface area contributed by atoms with Crippen LogP contribution < -0.4 is 5.56 Å². The number of H-pyrrole nitrogens is 1. The Kier molecular flexibility index (Phi) is 3.17. The highest BCUT2D eigenvalue weighted by molar-refractivity contribution is 5.91. The molecule has 3 aliphatic rings. The molecule has 8 nitrogen and oxygen atoms in total. The second kappa shape index (κ2) is 5.31. The van der Waals surface area contributed by atoms with Crippen LogP contribution in [0.2, 0.25) is 0 Å². The van der Waals surface area contributed by atoms with E-state index < -0.39 is 0 Å². The Balaban J connectivity index is 1.39. The second-order valence-corrected chi connectivity index (χ2v) is 7.61. The van der Waals surface area contributed by atoms with Gasteiger partial charge in [0, 0.05) is 32.0 Å². The van der Waals surface area contributed by atoms with Gasteiger partial charge in [-0.3, -0.25) is 14.7 Å². The van der Waals surface area contributed by atoms with Crippen LogP contribution in [0.4, 0.5) is 0 Å². The molecule has 2 aromatic rings. The van der Waals surface area contributed by atoms with E-state index in [0.717, 1.165) is 16.4 Å². The second-order valence-electron chi connectivity index (χ2n) is 7.61. The first kappa shape index (κ1) is 14.9. The third-order valence-corrected chi connectivity index (χ3v) is 5.70. The SMILES string of the molecule is Cn1oc(C(=O)N2C[C@H](c3nc(C4CC4)n[nH]3)[C@@H](C3CC3)C2)cc1=O. The zero-order valence-electron chi connectivity index (χ0n) is 14.1. The summed E-state index contributed by atoms with van der Waals surface area (Å²) in [4.78, 5) is 30.8. The van der Waals surface area contributed by atoms with Gasteiger partial charge >= 0.3 is 0 Å². The summed E-state index contributed by atoms with van der Waals surface area (Å²) < 4.78 is 6.34. The fraction of sp³-hybridized carbons (Fsp3) is 0.647. The summed E-state index contributed by atoms with van der Waals surface area (Å²) in [6.07, 6.45) is 4.78. The first-order chi connectivity index (χ1) is 12.1. The van der Waals surface area contributed by atoms with Gasteiger partial charge < -0.3 is 9.42 Å². The summed E-state index contributed by atoms with van der Waals surface area (Å²) in [5.74, 6) is 3.48. The van der Waals surface area contributed by atoms with Crippen molar-refractivity contribution in [1.29, 1.82) is 0 Å². The van der Waals surface area contributed by atoms with Crippen molar-refractivity contribution in [2.45, 2.75) is 37.5 Å². The standard InChI is InChI=1S/C17H21N5O3/c1-21-14(23)6-13(25-21)17(24)22-7-11(9-2-3-9)12(8-22)16-18-15(19-20-16)10-4-5-10/h6,9-12H,2-5,7-8H2,1H3,(H,18,19,20)/t11-,12+/m1/s1. The minimum atomic E-state index is -0.304. The van der Waals surface area contributed by atoms with E-state index in [4.69, 9.17) is 9.51 Å². The van der Waals surface area contributed by atoms with E-state index in [1.165, 1.54) is 38.8 Å². The van der Waals surface area contributed by atoms with E-state index in [2.05, 4.69) is 10.2 Å². The Morgan fingerprint density at radius 2 is 2.08 bits per heavy atom. The summed E-state index contributed by atoms with van der Waals surface area (Å²) in [5, 5.41) is 7.49. The number of aromatic amines is 1. The van der Waals surface area contributed by atoms with Gasteiger partial charge in [0.25, 0.3) is 11.5 Å². The van der Waals surface area contributed by atoms with Crippen LogP contribution in [0.1, 0.15) is 59.7 Å². The normalized spacial score (nSPS) is 26.4. The predicted molar refractivity (Wildman–Crippen MR) is 87.2 cm³/mol. The van der Waals surface area contributed by atoms with Crippen molar-refractivity contribution in [2.24, 2.45) is 18.9 Å². The van der Waals surface area contributed by atoms with Crippen LogP contribution >= 0.6 is 0 Å². The highest BCUT2D eigenvalue weighted by atomic mass is 16.5.